The van der Waals surface area contributed by atoms with E-state index >= 15 is 0 Å². The molecule has 1 fully saturated rings. The molecular weight excluding hydrogens is 462 g/mol. The molecule has 2 aromatic carbocycles. The Kier molecular flexibility index (Phi) is 5.41. The number of furan rings is 1. The first-order valence-electron chi connectivity index (χ1n) is 11.9. The van der Waals surface area contributed by atoms with Crippen LogP contribution in [-0.2, 0) is 11.2 Å². The van der Waals surface area contributed by atoms with Gasteiger partial charge in [-0.05, 0) is 67.3 Å². The van der Waals surface area contributed by atoms with Gasteiger partial charge in [0, 0.05) is 30.1 Å². The van der Waals surface area contributed by atoms with Crippen LogP contribution in [0.4, 0.5) is 11.4 Å². The largest absolute Gasteiger partial charge is 0.472 e. The predicted octanol–water partition coefficient (Wildman–Crippen LogP) is 3.51. The van der Waals surface area contributed by atoms with Crippen LogP contribution in [0.25, 0.3) is 0 Å². The van der Waals surface area contributed by atoms with E-state index in [2.05, 4.69) is 5.32 Å². The van der Waals surface area contributed by atoms with E-state index in [-0.39, 0.29) is 41.5 Å². The molecule has 0 bridgehead atoms. The zero-order valence-corrected chi connectivity index (χ0v) is 19.4. The van der Waals surface area contributed by atoms with Crippen molar-refractivity contribution in [3.05, 3.63) is 82.8 Å². The van der Waals surface area contributed by atoms with Crippen molar-refractivity contribution in [2.45, 2.75) is 25.4 Å². The summed E-state index contributed by atoms with van der Waals surface area (Å²) in [4.78, 5) is 54.2. The van der Waals surface area contributed by atoms with Crippen LogP contribution in [0, 0.1) is 0 Å². The van der Waals surface area contributed by atoms with Gasteiger partial charge in [-0.15, -0.1) is 0 Å². The minimum Gasteiger partial charge on any atom is -0.472 e. The summed E-state index contributed by atoms with van der Waals surface area (Å²) in [7, 11) is 0. The summed E-state index contributed by atoms with van der Waals surface area (Å²) in [6, 6.07) is 11.6. The van der Waals surface area contributed by atoms with Crippen LogP contribution in [0.1, 0.15) is 59.8 Å². The summed E-state index contributed by atoms with van der Waals surface area (Å²) in [5, 5.41) is 2.86. The number of rotatable bonds is 5. The number of hydrogen-bond donors (Lipinski definition) is 1. The fraction of sp³-hybridized carbons (Fsp3) is 0.259. The van der Waals surface area contributed by atoms with E-state index in [0.717, 1.165) is 24.1 Å². The van der Waals surface area contributed by atoms with Gasteiger partial charge in [0.25, 0.3) is 23.6 Å². The Labute approximate surface area is 206 Å². The highest BCUT2D eigenvalue weighted by Gasteiger charge is 2.38. The molecular formula is C27H23N3O6. The first-order chi connectivity index (χ1) is 17.5. The van der Waals surface area contributed by atoms with Gasteiger partial charge in [0.05, 0.1) is 35.6 Å². The molecule has 182 valence electrons. The molecule has 1 atom stereocenters. The lowest BCUT2D eigenvalue weighted by atomic mass is 10.0. The fourth-order valence-electron chi connectivity index (χ4n) is 5.03. The minimum absolute atomic E-state index is 0.134. The monoisotopic (exact) mass is 485 g/mol. The lowest BCUT2D eigenvalue weighted by Crippen LogP contribution is -2.36. The van der Waals surface area contributed by atoms with Gasteiger partial charge < -0.3 is 19.4 Å². The van der Waals surface area contributed by atoms with Crippen LogP contribution in [0.15, 0.2) is 59.4 Å². The molecule has 1 aromatic heterocycles. The maximum Gasteiger partial charge on any atom is 0.261 e. The van der Waals surface area contributed by atoms with Crippen molar-refractivity contribution < 1.29 is 28.3 Å². The molecule has 0 saturated carbocycles. The summed E-state index contributed by atoms with van der Waals surface area (Å²) in [5.41, 5.74) is 3.63. The summed E-state index contributed by atoms with van der Waals surface area (Å²) >= 11 is 0. The molecule has 36 heavy (non-hydrogen) atoms. The molecule has 3 aromatic rings. The Morgan fingerprint density at radius 3 is 2.64 bits per heavy atom. The summed E-state index contributed by atoms with van der Waals surface area (Å²) in [6.07, 6.45) is 5.15. The van der Waals surface area contributed by atoms with E-state index in [4.69, 9.17) is 9.15 Å². The van der Waals surface area contributed by atoms with Crippen molar-refractivity contribution in [3.63, 3.8) is 0 Å². The molecule has 1 unspecified atom stereocenters. The summed E-state index contributed by atoms with van der Waals surface area (Å²) in [6.45, 7) is 1.41. The SMILES string of the molecule is O=C(Nc1ccc2c(c1)CCN2C(=O)c1ccoc1)c1ccc2c(c1)C(=O)N(CC1CCCO1)C2=O. The number of nitrogens with zero attached hydrogens (tertiary/aromatic N) is 2. The number of hydrogen-bond acceptors (Lipinski definition) is 6. The predicted molar refractivity (Wildman–Crippen MR) is 129 cm³/mol. The smallest absolute Gasteiger partial charge is 0.261 e. The highest BCUT2D eigenvalue weighted by molar-refractivity contribution is 6.22. The number of imide groups is 1. The molecule has 9 nitrogen and oxygen atoms in total. The van der Waals surface area contributed by atoms with Crippen LogP contribution >= 0.6 is 0 Å². The van der Waals surface area contributed by atoms with Gasteiger partial charge in [0.2, 0.25) is 0 Å². The van der Waals surface area contributed by atoms with Gasteiger partial charge in [-0.1, -0.05) is 0 Å². The molecule has 9 heteroatoms. The van der Waals surface area contributed by atoms with E-state index in [1.807, 2.05) is 12.1 Å². The lowest BCUT2D eigenvalue weighted by molar-refractivity contribution is 0.0475. The van der Waals surface area contributed by atoms with Crippen molar-refractivity contribution in [2.75, 3.05) is 29.9 Å². The number of carbonyl (C=O) groups is 4. The molecule has 6 rings (SSSR count). The maximum absolute atomic E-state index is 13.0. The fourth-order valence-corrected chi connectivity index (χ4v) is 5.03. The third-order valence-corrected chi connectivity index (χ3v) is 6.89. The normalized spacial score (nSPS) is 18.5. The van der Waals surface area contributed by atoms with Gasteiger partial charge in [-0.2, -0.15) is 0 Å². The Hall–Kier alpha value is -4.24. The van der Waals surface area contributed by atoms with Crippen LogP contribution in [0.5, 0.6) is 0 Å². The molecule has 0 aliphatic carbocycles. The van der Waals surface area contributed by atoms with E-state index < -0.39 is 5.91 Å². The molecule has 1 N–H and O–H groups in total. The number of nitrogens with one attached hydrogen (secondary N) is 1. The van der Waals surface area contributed by atoms with Crippen LogP contribution in [-0.4, -0.2) is 54.3 Å². The zero-order chi connectivity index (χ0) is 24.8. The van der Waals surface area contributed by atoms with Gasteiger partial charge in [0.15, 0.2) is 0 Å². The summed E-state index contributed by atoms with van der Waals surface area (Å²) < 4.78 is 10.6. The average Bonchev–Trinajstić information content (AvgIpc) is 3.69. The van der Waals surface area contributed by atoms with Crippen LogP contribution in [0.3, 0.4) is 0 Å². The number of carbonyl (C=O) groups excluding carboxylic acids is 4. The van der Waals surface area contributed by atoms with E-state index in [1.54, 1.807) is 23.1 Å². The van der Waals surface area contributed by atoms with E-state index in [0.29, 0.717) is 36.4 Å². The van der Waals surface area contributed by atoms with E-state index in [9.17, 15) is 19.2 Å². The first kappa shape index (κ1) is 22.2. The highest BCUT2D eigenvalue weighted by Crippen LogP contribution is 2.32. The van der Waals surface area contributed by atoms with Crippen molar-refractivity contribution >= 4 is 35.0 Å². The molecule has 3 aliphatic rings. The Bertz CT molecular complexity index is 1390. The number of ether oxygens (including phenoxy) is 1. The standard InChI is InChI=1S/C27H23N3O6/c31-24(17-3-5-21-22(13-17)27(34)30(26(21)33)14-20-2-1-10-36-20)28-19-4-6-23-16(12-19)7-9-29(23)25(32)18-8-11-35-15-18/h3-6,8,11-13,15,20H,1-2,7,9-10,14H2,(H,28,31). The van der Waals surface area contributed by atoms with Gasteiger partial charge in [-0.25, -0.2) is 0 Å². The van der Waals surface area contributed by atoms with Crippen molar-refractivity contribution in [2.24, 2.45) is 0 Å². The minimum atomic E-state index is -0.403. The molecule has 3 aliphatic heterocycles. The summed E-state index contributed by atoms with van der Waals surface area (Å²) in [5.74, 6) is -1.28. The quantitative estimate of drug-likeness (QED) is 0.554. The van der Waals surface area contributed by atoms with Gasteiger partial charge in [-0.3, -0.25) is 24.1 Å². The average molecular weight is 485 g/mol. The number of fused-ring (bicyclic) bond motifs is 2. The molecule has 4 amide bonds. The Morgan fingerprint density at radius 2 is 1.86 bits per heavy atom. The van der Waals surface area contributed by atoms with Crippen LogP contribution < -0.4 is 10.2 Å². The molecule has 1 saturated heterocycles. The molecule has 0 spiro atoms. The van der Waals surface area contributed by atoms with Crippen molar-refractivity contribution in [1.29, 1.82) is 0 Å². The molecule has 4 heterocycles. The number of amides is 4. The second kappa shape index (κ2) is 8.76. The zero-order valence-electron chi connectivity index (χ0n) is 19.4. The van der Waals surface area contributed by atoms with E-state index in [1.165, 1.54) is 29.6 Å². The number of benzene rings is 2. The Morgan fingerprint density at radius 1 is 1.00 bits per heavy atom. The topological polar surface area (TPSA) is 109 Å². The van der Waals surface area contributed by atoms with Crippen molar-refractivity contribution in [3.8, 4) is 0 Å². The van der Waals surface area contributed by atoms with Crippen molar-refractivity contribution in [1.82, 2.24) is 4.90 Å². The molecule has 0 radical (unpaired) electrons. The first-order valence-corrected chi connectivity index (χ1v) is 11.9. The third-order valence-electron chi connectivity index (χ3n) is 6.89. The highest BCUT2D eigenvalue weighted by atomic mass is 16.5. The van der Waals surface area contributed by atoms with Gasteiger partial charge >= 0.3 is 0 Å². The number of anilines is 2. The Balaban J connectivity index is 1.17. The second-order valence-corrected chi connectivity index (χ2v) is 9.13. The third kappa shape index (κ3) is 3.77. The maximum atomic E-state index is 13.0. The second-order valence-electron chi connectivity index (χ2n) is 9.13. The lowest BCUT2D eigenvalue weighted by Gasteiger charge is -2.17. The van der Waals surface area contributed by atoms with Gasteiger partial charge in [0.1, 0.15) is 6.26 Å². The van der Waals surface area contributed by atoms with Crippen LogP contribution in [0.2, 0.25) is 0 Å².